The van der Waals surface area contributed by atoms with Gasteiger partial charge in [0.2, 0.25) is 10.0 Å². The molecule has 27 heavy (non-hydrogen) atoms. The first-order valence-corrected chi connectivity index (χ1v) is 10.4. The molecule has 1 atom stereocenters. The summed E-state index contributed by atoms with van der Waals surface area (Å²) in [5.41, 5.74) is 4.17. The van der Waals surface area contributed by atoms with Gasteiger partial charge in [0, 0.05) is 12.2 Å². The quantitative estimate of drug-likeness (QED) is 0.637. The van der Waals surface area contributed by atoms with E-state index in [9.17, 15) is 8.42 Å². The lowest BCUT2D eigenvalue weighted by Gasteiger charge is -2.21. The van der Waals surface area contributed by atoms with Crippen LogP contribution in [0.15, 0.2) is 83.8 Å². The van der Waals surface area contributed by atoms with Gasteiger partial charge in [0.1, 0.15) is 0 Å². The number of benzene rings is 3. The molecule has 3 aromatic rings. The van der Waals surface area contributed by atoms with Crippen molar-refractivity contribution in [2.24, 2.45) is 0 Å². The molecule has 3 rings (SSSR count). The maximum atomic E-state index is 12.6. The molecule has 0 aliphatic rings. The highest BCUT2D eigenvalue weighted by atomic mass is 32.2. The number of rotatable bonds is 7. The summed E-state index contributed by atoms with van der Waals surface area (Å²) in [5, 5.41) is 3.43. The van der Waals surface area contributed by atoms with Crippen LogP contribution in [-0.4, -0.2) is 15.0 Å². The molecular weight excluding hydrogens is 356 g/mol. The van der Waals surface area contributed by atoms with Gasteiger partial charge in [0.05, 0.1) is 10.9 Å². The van der Waals surface area contributed by atoms with E-state index in [0.717, 1.165) is 16.8 Å². The molecule has 0 saturated heterocycles. The Labute approximate surface area is 161 Å². The van der Waals surface area contributed by atoms with Crippen LogP contribution in [0.3, 0.4) is 0 Å². The molecule has 5 heteroatoms. The molecule has 0 aliphatic carbocycles. The molecule has 3 aromatic carbocycles. The lowest BCUT2D eigenvalue weighted by Crippen LogP contribution is -2.31. The zero-order valence-corrected chi connectivity index (χ0v) is 16.3. The molecule has 140 valence electrons. The van der Waals surface area contributed by atoms with Gasteiger partial charge < -0.3 is 5.32 Å². The first-order valence-electron chi connectivity index (χ1n) is 8.88. The minimum atomic E-state index is -3.57. The Morgan fingerprint density at radius 3 is 1.93 bits per heavy atom. The number of hydrogen-bond acceptors (Lipinski definition) is 3. The monoisotopic (exact) mass is 380 g/mol. The summed E-state index contributed by atoms with van der Waals surface area (Å²) >= 11 is 0. The molecule has 0 saturated carbocycles. The Bertz CT molecular complexity index is 967. The first-order chi connectivity index (χ1) is 12.9. The average molecular weight is 381 g/mol. The summed E-state index contributed by atoms with van der Waals surface area (Å²) in [6.45, 7) is 4.21. The van der Waals surface area contributed by atoms with Crippen LogP contribution in [0.25, 0.3) is 0 Å². The van der Waals surface area contributed by atoms with Crippen molar-refractivity contribution in [2.75, 3.05) is 11.9 Å². The molecule has 0 spiro atoms. The fourth-order valence-corrected chi connectivity index (χ4v) is 3.83. The third-order valence-electron chi connectivity index (χ3n) is 4.40. The summed E-state index contributed by atoms with van der Waals surface area (Å²) in [6.07, 6.45) is 0. The standard InChI is InChI=1S/C22H24N2O2S/c1-17-8-12-20(13-9-17)24-22(19-6-4-3-5-7-19)16-23-27(25,26)21-14-10-18(2)11-15-21/h3-15,22-24H,16H2,1-2H3/t22-/m0/s1. The molecule has 0 fully saturated rings. The minimum absolute atomic E-state index is 0.186. The Kier molecular flexibility index (Phi) is 5.94. The van der Waals surface area contributed by atoms with Crippen LogP contribution >= 0.6 is 0 Å². The van der Waals surface area contributed by atoms with Crippen LogP contribution in [-0.2, 0) is 10.0 Å². The average Bonchev–Trinajstić information content (AvgIpc) is 2.68. The Hall–Kier alpha value is -2.63. The van der Waals surface area contributed by atoms with Crippen LogP contribution in [0.2, 0.25) is 0 Å². The van der Waals surface area contributed by atoms with Gasteiger partial charge in [-0.2, -0.15) is 0 Å². The molecule has 2 N–H and O–H groups in total. The first kappa shape index (κ1) is 19.1. The van der Waals surface area contributed by atoms with Gasteiger partial charge in [-0.3, -0.25) is 0 Å². The Balaban J connectivity index is 1.79. The lowest BCUT2D eigenvalue weighted by atomic mass is 10.1. The van der Waals surface area contributed by atoms with Crippen molar-refractivity contribution < 1.29 is 8.42 Å². The lowest BCUT2D eigenvalue weighted by molar-refractivity contribution is 0.576. The van der Waals surface area contributed by atoms with E-state index in [1.165, 1.54) is 5.56 Å². The van der Waals surface area contributed by atoms with Crippen molar-refractivity contribution in [2.45, 2.75) is 24.8 Å². The molecule has 0 unspecified atom stereocenters. The third-order valence-corrected chi connectivity index (χ3v) is 5.84. The highest BCUT2D eigenvalue weighted by Gasteiger charge is 2.18. The van der Waals surface area contributed by atoms with Crippen molar-refractivity contribution in [1.82, 2.24) is 4.72 Å². The molecule has 0 bridgehead atoms. The predicted molar refractivity (Wildman–Crippen MR) is 110 cm³/mol. The normalized spacial score (nSPS) is 12.5. The molecule has 0 aromatic heterocycles. The van der Waals surface area contributed by atoms with Crippen LogP contribution < -0.4 is 10.0 Å². The second-order valence-corrected chi connectivity index (χ2v) is 8.41. The zero-order valence-electron chi connectivity index (χ0n) is 15.5. The maximum Gasteiger partial charge on any atom is 0.240 e. The van der Waals surface area contributed by atoms with Gasteiger partial charge in [-0.05, 0) is 43.7 Å². The molecule has 0 amide bonds. The van der Waals surface area contributed by atoms with Crippen LogP contribution in [0.4, 0.5) is 5.69 Å². The predicted octanol–water partition coefficient (Wildman–Crippen LogP) is 4.44. The minimum Gasteiger partial charge on any atom is -0.377 e. The van der Waals surface area contributed by atoms with Crippen molar-refractivity contribution in [3.8, 4) is 0 Å². The van der Waals surface area contributed by atoms with E-state index in [1.807, 2.05) is 68.4 Å². The van der Waals surface area contributed by atoms with Crippen molar-refractivity contribution in [3.05, 3.63) is 95.6 Å². The summed E-state index contributed by atoms with van der Waals surface area (Å²) < 4.78 is 28.0. The van der Waals surface area contributed by atoms with Crippen molar-refractivity contribution in [3.63, 3.8) is 0 Å². The Morgan fingerprint density at radius 1 is 0.778 bits per heavy atom. The van der Waals surface area contributed by atoms with E-state index in [4.69, 9.17) is 0 Å². The summed E-state index contributed by atoms with van der Waals surface area (Å²) in [5.74, 6) is 0. The second-order valence-electron chi connectivity index (χ2n) is 6.64. The van der Waals surface area contributed by atoms with E-state index >= 15 is 0 Å². The maximum absolute atomic E-state index is 12.6. The number of anilines is 1. The van der Waals surface area contributed by atoms with Gasteiger partial charge >= 0.3 is 0 Å². The number of hydrogen-bond donors (Lipinski definition) is 2. The van der Waals surface area contributed by atoms with Gasteiger partial charge in [0.25, 0.3) is 0 Å². The summed E-state index contributed by atoms with van der Waals surface area (Å²) in [7, 11) is -3.57. The molecule has 0 radical (unpaired) electrons. The summed E-state index contributed by atoms with van der Waals surface area (Å²) in [4.78, 5) is 0.273. The molecule has 4 nitrogen and oxygen atoms in total. The topological polar surface area (TPSA) is 58.2 Å². The summed E-state index contributed by atoms with van der Waals surface area (Å²) in [6, 6.07) is 24.6. The van der Waals surface area contributed by atoms with Crippen LogP contribution in [0.5, 0.6) is 0 Å². The van der Waals surface area contributed by atoms with Crippen LogP contribution in [0.1, 0.15) is 22.7 Å². The van der Waals surface area contributed by atoms with Crippen molar-refractivity contribution >= 4 is 15.7 Å². The van der Waals surface area contributed by atoms with E-state index < -0.39 is 10.0 Å². The van der Waals surface area contributed by atoms with Gasteiger partial charge in [-0.15, -0.1) is 0 Å². The molecule has 0 aliphatic heterocycles. The number of nitrogens with one attached hydrogen (secondary N) is 2. The molecular formula is C22H24N2O2S. The highest BCUT2D eigenvalue weighted by Crippen LogP contribution is 2.20. The van der Waals surface area contributed by atoms with Crippen LogP contribution in [0, 0.1) is 13.8 Å². The smallest absolute Gasteiger partial charge is 0.240 e. The van der Waals surface area contributed by atoms with Gasteiger partial charge in [0.15, 0.2) is 0 Å². The Morgan fingerprint density at radius 2 is 1.33 bits per heavy atom. The van der Waals surface area contributed by atoms with E-state index in [2.05, 4.69) is 10.0 Å². The number of aryl methyl sites for hydroxylation is 2. The van der Waals surface area contributed by atoms with Crippen molar-refractivity contribution in [1.29, 1.82) is 0 Å². The fraction of sp³-hybridized carbons (Fsp3) is 0.182. The SMILES string of the molecule is Cc1ccc(N[C@@H](CNS(=O)(=O)c2ccc(C)cc2)c2ccccc2)cc1. The molecule has 0 heterocycles. The largest absolute Gasteiger partial charge is 0.377 e. The highest BCUT2D eigenvalue weighted by molar-refractivity contribution is 7.89. The van der Waals surface area contributed by atoms with E-state index in [-0.39, 0.29) is 17.5 Å². The fourth-order valence-electron chi connectivity index (χ4n) is 2.78. The van der Waals surface area contributed by atoms with Gasteiger partial charge in [-0.1, -0.05) is 65.7 Å². The van der Waals surface area contributed by atoms with Gasteiger partial charge in [-0.25, -0.2) is 13.1 Å². The number of sulfonamides is 1. The van der Waals surface area contributed by atoms with E-state index in [0.29, 0.717) is 0 Å². The second kappa shape index (κ2) is 8.37. The van der Waals surface area contributed by atoms with E-state index in [1.54, 1.807) is 24.3 Å². The third kappa shape index (κ3) is 5.18. The zero-order chi connectivity index (χ0) is 19.3.